The molecule has 0 bridgehead atoms. The SMILES string of the molecule is CCOC1=C(Cc2ccccc2)C(Cl)=NSN1. The van der Waals surface area contributed by atoms with E-state index in [4.69, 9.17) is 16.3 Å². The van der Waals surface area contributed by atoms with Crippen molar-refractivity contribution >= 4 is 28.9 Å². The molecule has 90 valence electrons. The van der Waals surface area contributed by atoms with E-state index in [0.29, 0.717) is 24.1 Å². The van der Waals surface area contributed by atoms with Crippen LogP contribution in [-0.2, 0) is 11.2 Å². The van der Waals surface area contributed by atoms with Gasteiger partial charge in [0.05, 0.1) is 24.3 Å². The summed E-state index contributed by atoms with van der Waals surface area (Å²) in [6.07, 6.45) is 0.714. The monoisotopic (exact) mass is 268 g/mol. The van der Waals surface area contributed by atoms with Crippen LogP contribution in [-0.4, -0.2) is 11.8 Å². The Kier molecular flexibility index (Phi) is 4.34. The van der Waals surface area contributed by atoms with Gasteiger partial charge in [0.25, 0.3) is 0 Å². The number of ether oxygens (including phenoxy) is 1. The van der Waals surface area contributed by atoms with E-state index in [1.54, 1.807) is 0 Å². The van der Waals surface area contributed by atoms with Crippen LogP contribution in [0.4, 0.5) is 0 Å². The second-order valence-corrected chi connectivity index (χ2v) is 4.41. The molecule has 1 aliphatic heterocycles. The van der Waals surface area contributed by atoms with Gasteiger partial charge in [0, 0.05) is 6.42 Å². The highest BCUT2D eigenvalue weighted by molar-refractivity contribution is 7.96. The Bertz CT molecular complexity index is 445. The molecule has 0 saturated carbocycles. The summed E-state index contributed by atoms with van der Waals surface area (Å²) in [7, 11) is 0. The number of nitrogens with zero attached hydrogens (tertiary/aromatic N) is 1. The van der Waals surface area contributed by atoms with Crippen LogP contribution < -0.4 is 4.72 Å². The maximum Gasteiger partial charge on any atom is 0.204 e. The molecule has 0 aliphatic carbocycles. The summed E-state index contributed by atoms with van der Waals surface area (Å²) in [4.78, 5) is 0. The van der Waals surface area contributed by atoms with Crippen LogP contribution in [0, 0.1) is 0 Å². The fourth-order valence-electron chi connectivity index (χ4n) is 1.53. The van der Waals surface area contributed by atoms with Crippen LogP contribution in [0.3, 0.4) is 0 Å². The molecule has 0 fully saturated rings. The van der Waals surface area contributed by atoms with Crippen LogP contribution in [0.15, 0.2) is 46.2 Å². The Balaban J connectivity index is 2.23. The smallest absolute Gasteiger partial charge is 0.204 e. The molecule has 1 aromatic carbocycles. The third kappa shape index (κ3) is 3.17. The zero-order valence-corrected chi connectivity index (χ0v) is 11.0. The molecule has 0 amide bonds. The van der Waals surface area contributed by atoms with E-state index >= 15 is 0 Å². The molecule has 3 nitrogen and oxygen atoms in total. The quantitative estimate of drug-likeness (QED) is 0.851. The number of rotatable bonds is 4. The molecule has 5 heteroatoms. The molecule has 1 aliphatic rings. The van der Waals surface area contributed by atoms with Gasteiger partial charge in [-0.1, -0.05) is 41.9 Å². The molecule has 0 unspecified atom stereocenters. The summed E-state index contributed by atoms with van der Waals surface area (Å²) in [6, 6.07) is 10.1. The van der Waals surface area contributed by atoms with Crippen molar-refractivity contribution in [1.82, 2.24) is 4.72 Å². The van der Waals surface area contributed by atoms with Gasteiger partial charge in [-0.25, -0.2) is 0 Å². The molecule has 17 heavy (non-hydrogen) atoms. The van der Waals surface area contributed by atoms with Crippen molar-refractivity contribution in [3.05, 3.63) is 47.4 Å². The molecular weight excluding hydrogens is 256 g/mol. The van der Waals surface area contributed by atoms with Crippen LogP contribution in [0.5, 0.6) is 0 Å². The summed E-state index contributed by atoms with van der Waals surface area (Å²) in [5.41, 5.74) is 2.08. The Hall–Kier alpha value is -1.13. The van der Waals surface area contributed by atoms with Crippen molar-refractivity contribution < 1.29 is 4.74 Å². The number of hydrogen-bond acceptors (Lipinski definition) is 4. The van der Waals surface area contributed by atoms with Crippen LogP contribution in [0.2, 0.25) is 0 Å². The topological polar surface area (TPSA) is 33.6 Å². The molecule has 0 aromatic heterocycles. The minimum Gasteiger partial charge on any atom is -0.479 e. The number of benzene rings is 1. The van der Waals surface area contributed by atoms with Crippen molar-refractivity contribution in [3.63, 3.8) is 0 Å². The molecule has 1 N–H and O–H groups in total. The summed E-state index contributed by atoms with van der Waals surface area (Å²) in [6.45, 7) is 2.55. The molecule has 0 spiro atoms. The number of halogens is 1. The first-order chi connectivity index (χ1) is 8.31. The fraction of sp³-hybridized carbons (Fsp3) is 0.250. The Morgan fingerprint density at radius 2 is 2.12 bits per heavy atom. The molecule has 0 radical (unpaired) electrons. The molecule has 0 atom stereocenters. The highest BCUT2D eigenvalue weighted by atomic mass is 35.5. The van der Waals surface area contributed by atoms with E-state index < -0.39 is 0 Å². The lowest BCUT2D eigenvalue weighted by molar-refractivity contribution is 0.217. The highest BCUT2D eigenvalue weighted by Gasteiger charge is 2.18. The summed E-state index contributed by atoms with van der Waals surface area (Å²) in [5, 5.41) is 0.501. The van der Waals surface area contributed by atoms with E-state index in [9.17, 15) is 0 Å². The van der Waals surface area contributed by atoms with Gasteiger partial charge in [-0.2, -0.15) is 4.40 Å². The largest absolute Gasteiger partial charge is 0.479 e. The van der Waals surface area contributed by atoms with Gasteiger partial charge in [0.1, 0.15) is 5.17 Å². The zero-order chi connectivity index (χ0) is 12.1. The van der Waals surface area contributed by atoms with Crippen molar-refractivity contribution in [1.29, 1.82) is 0 Å². The number of allylic oxidation sites excluding steroid dienone is 1. The van der Waals surface area contributed by atoms with Gasteiger partial charge in [0.15, 0.2) is 0 Å². The first kappa shape index (κ1) is 12.3. The number of hydrogen-bond donors (Lipinski definition) is 1. The van der Waals surface area contributed by atoms with E-state index in [2.05, 4.69) is 21.3 Å². The standard InChI is InChI=1S/C12H13ClN2OS/c1-2-16-12-10(11(13)14-17-15-12)8-9-6-4-3-5-7-9/h3-7,15H,2,8H2,1H3. The summed E-state index contributed by atoms with van der Waals surface area (Å²) < 4.78 is 12.6. The third-order valence-electron chi connectivity index (χ3n) is 2.30. The van der Waals surface area contributed by atoms with E-state index in [1.165, 1.54) is 17.7 Å². The van der Waals surface area contributed by atoms with Crippen molar-refractivity contribution in [2.24, 2.45) is 4.40 Å². The fourth-order valence-corrected chi connectivity index (χ4v) is 2.29. The average Bonchev–Trinajstić information content (AvgIpc) is 2.35. The molecular formula is C12H13ClN2OS. The van der Waals surface area contributed by atoms with E-state index in [-0.39, 0.29) is 0 Å². The zero-order valence-electron chi connectivity index (χ0n) is 9.44. The minimum absolute atomic E-state index is 0.501. The minimum atomic E-state index is 0.501. The number of nitrogens with one attached hydrogen (secondary N) is 1. The normalized spacial score (nSPS) is 15.3. The summed E-state index contributed by atoms with van der Waals surface area (Å²) >= 11 is 7.30. The first-order valence-electron chi connectivity index (χ1n) is 5.37. The van der Waals surface area contributed by atoms with Gasteiger partial charge >= 0.3 is 0 Å². The predicted molar refractivity (Wildman–Crippen MR) is 72.8 cm³/mol. The Morgan fingerprint density at radius 3 is 2.82 bits per heavy atom. The maximum absolute atomic E-state index is 6.11. The van der Waals surface area contributed by atoms with Crippen LogP contribution in [0.25, 0.3) is 0 Å². The van der Waals surface area contributed by atoms with E-state index in [0.717, 1.165) is 5.57 Å². The average molecular weight is 269 g/mol. The molecule has 2 rings (SSSR count). The van der Waals surface area contributed by atoms with E-state index in [1.807, 2.05) is 25.1 Å². The highest BCUT2D eigenvalue weighted by Crippen LogP contribution is 2.23. The second kappa shape index (κ2) is 5.98. The molecule has 1 heterocycles. The maximum atomic E-state index is 6.11. The second-order valence-electron chi connectivity index (χ2n) is 3.48. The van der Waals surface area contributed by atoms with Gasteiger partial charge in [-0.3, -0.25) is 4.72 Å². The molecule has 1 aromatic rings. The van der Waals surface area contributed by atoms with Crippen LogP contribution >= 0.6 is 23.7 Å². The third-order valence-corrected chi connectivity index (χ3v) is 3.26. The van der Waals surface area contributed by atoms with Gasteiger partial charge in [-0.15, -0.1) is 0 Å². The Morgan fingerprint density at radius 1 is 1.35 bits per heavy atom. The summed E-state index contributed by atoms with van der Waals surface area (Å²) in [5.74, 6) is 0.710. The first-order valence-corrected chi connectivity index (χ1v) is 6.52. The molecule has 0 saturated heterocycles. The van der Waals surface area contributed by atoms with Gasteiger partial charge in [0.2, 0.25) is 5.88 Å². The van der Waals surface area contributed by atoms with Crippen LogP contribution in [0.1, 0.15) is 12.5 Å². The Labute approximate surface area is 110 Å². The van der Waals surface area contributed by atoms with Gasteiger partial charge in [-0.05, 0) is 12.5 Å². The lowest BCUT2D eigenvalue weighted by atomic mass is 10.1. The lowest BCUT2D eigenvalue weighted by Crippen LogP contribution is -2.18. The predicted octanol–water partition coefficient (Wildman–Crippen LogP) is 3.28. The van der Waals surface area contributed by atoms with Crippen molar-refractivity contribution in [2.45, 2.75) is 13.3 Å². The lowest BCUT2D eigenvalue weighted by Gasteiger charge is -2.18. The van der Waals surface area contributed by atoms with Crippen molar-refractivity contribution in [3.8, 4) is 0 Å². The van der Waals surface area contributed by atoms with Gasteiger partial charge < -0.3 is 4.74 Å². The van der Waals surface area contributed by atoms with Crippen molar-refractivity contribution in [2.75, 3.05) is 6.61 Å².